The summed E-state index contributed by atoms with van der Waals surface area (Å²) in [5.74, 6) is 0. The molecule has 4 aromatic rings. The largest absolute Gasteiger partial charge is 0.327 e. The van der Waals surface area contributed by atoms with Crippen LogP contribution in [0, 0.1) is 0 Å². The lowest BCUT2D eigenvalue weighted by Gasteiger charge is -2.09. The lowest BCUT2D eigenvalue weighted by molar-refractivity contribution is 0.601. The first kappa shape index (κ1) is 20.5. The molecule has 154 valence electrons. The van der Waals surface area contributed by atoms with Crippen molar-refractivity contribution in [1.29, 1.82) is 0 Å². The van der Waals surface area contributed by atoms with Gasteiger partial charge in [0.25, 0.3) is 10.0 Å². The third-order valence-corrected chi connectivity index (χ3v) is 6.65. The molecule has 0 unspecified atom stereocenters. The molecule has 0 aliphatic heterocycles. The lowest BCUT2D eigenvalue weighted by atomic mass is 10.1. The van der Waals surface area contributed by atoms with E-state index in [4.69, 9.17) is 17.3 Å². The summed E-state index contributed by atoms with van der Waals surface area (Å²) in [7, 11) is -3.76. The Morgan fingerprint density at radius 3 is 2.87 bits per heavy atom. The number of anilines is 1. The molecule has 2 aromatic carbocycles. The van der Waals surface area contributed by atoms with Crippen LogP contribution in [0.1, 0.15) is 11.1 Å². The topological polar surface area (TPSA) is 116 Å². The molecule has 0 amide bonds. The SMILES string of the molecule is NC/C=C/c1cc(Cl)ccc1Cn1ncc2cc(S(=O)(=O)Nc3ncns3)ccc21. The summed E-state index contributed by atoms with van der Waals surface area (Å²) in [4.78, 5) is 3.98. The molecular weight excluding hydrogens is 444 g/mol. The van der Waals surface area contributed by atoms with Crippen molar-refractivity contribution in [2.24, 2.45) is 5.73 Å². The van der Waals surface area contributed by atoms with Crippen LogP contribution < -0.4 is 10.5 Å². The maximum absolute atomic E-state index is 12.6. The molecule has 0 spiro atoms. The number of benzene rings is 2. The summed E-state index contributed by atoms with van der Waals surface area (Å²) in [5.41, 5.74) is 8.35. The fourth-order valence-electron chi connectivity index (χ4n) is 2.97. The van der Waals surface area contributed by atoms with E-state index in [0.717, 1.165) is 28.2 Å². The molecule has 2 heterocycles. The monoisotopic (exact) mass is 460 g/mol. The molecule has 4 rings (SSSR count). The molecule has 0 fully saturated rings. The van der Waals surface area contributed by atoms with Crippen LogP contribution in [0.4, 0.5) is 5.13 Å². The van der Waals surface area contributed by atoms with E-state index < -0.39 is 10.0 Å². The van der Waals surface area contributed by atoms with E-state index in [1.54, 1.807) is 24.4 Å². The summed E-state index contributed by atoms with van der Waals surface area (Å²) >= 11 is 7.10. The Balaban J connectivity index is 1.65. The Morgan fingerprint density at radius 1 is 1.23 bits per heavy atom. The number of nitrogens with zero attached hydrogens (tertiary/aromatic N) is 4. The molecule has 8 nitrogen and oxygen atoms in total. The van der Waals surface area contributed by atoms with Gasteiger partial charge in [-0.3, -0.25) is 9.40 Å². The zero-order valence-corrected chi connectivity index (χ0v) is 18.0. The number of fused-ring (bicyclic) bond motifs is 1. The van der Waals surface area contributed by atoms with E-state index in [1.165, 1.54) is 6.33 Å². The minimum atomic E-state index is -3.76. The van der Waals surface area contributed by atoms with Crippen LogP contribution in [0.3, 0.4) is 0 Å². The quantitative estimate of drug-likeness (QED) is 0.437. The van der Waals surface area contributed by atoms with Crippen LogP contribution in [-0.2, 0) is 16.6 Å². The van der Waals surface area contributed by atoms with Crippen molar-refractivity contribution < 1.29 is 8.42 Å². The van der Waals surface area contributed by atoms with Crippen LogP contribution in [0.15, 0.2) is 59.9 Å². The number of nitrogens with two attached hydrogens (primary N) is 1. The minimum Gasteiger partial charge on any atom is -0.327 e. The highest BCUT2D eigenvalue weighted by Crippen LogP contribution is 2.24. The third-order valence-electron chi connectivity index (χ3n) is 4.37. The van der Waals surface area contributed by atoms with Gasteiger partial charge in [-0.2, -0.15) is 9.47 Å². The second kappa shape index (κ2) is 8.52. The normalized spacial score (nSPS) is 12.1. The maximum Gasteiger partial charge on any atom is 0.263 e. The molecule has 30 heavy (non-hydrogen) atoms. The molecule has 3 N–H and O–H groups in total. The van der Waals surface area contributed by atoms with E-state index in [2.05, 4.69) is 19.2 Å². The molecule has 0 aliphatic carbocycles. The van der Waals surface area contributed by atoms with Crippen molar-refractivity contribution in [1.82, 2.24) is 19.1 Å². The van der Waals surface area contributed by atoms with Crippen molar-refractivity contribution in [2.75, 3.05) is 11.3 Å². The highest BCUT2D eigenvalue weighted by molar-refractivity contribution is 7.93. The maximum atomic E-state index is 12.6. The van der Waals surface area contributed by atoms with E-state index >= 15 is 0 Å². The Hall–Kier alpha value is -2.79. The minimum absolute atomic E-state index is 0.128. The highest BCUT2D eigenvalue weighted by atomic mass is 35.5. The predicted octanol–water partition coefficient (Wildman–Crippen LogP) is 3.36. The van der Waals surface area contributed by atoms with Crippen molar-refractivity contribution in [3.05, 3.63) is 71.1 Å². The van der Waals surface area contributed by atoms with Crippen molar-refractivity contribution in [2.45, 2.75) is 11.4 Å². The third kappa shape index (κ3) is 4.36. The molecule has 0 radical (unpaired) electrons. The predicted molar refractivity (Wildman–Crippen MR) is 119 cm³/mol. The Kier molecular flexibility index (Phi) is 5.82. The second-order valence-electron chi connectivity index (χ2n) is 6.36. The van der Waals surface area contributed by atoms with Gasteiger partial charge < -0.3 is 5.73 Å². The zero-order chi connectivity index (χ0) is 21.1. The molecule has 0 atom stereocenters. The lowest BCUT2D eigenvalue weighted by Crippen LogP contribution is -2.12. The highest BCUT2D eigenvalue weighted by Gasteiger charge is 2.17. The summed E-state index contributed by atoms with van der Waals surface area (Å²) in [6.07, 6.45) is 6.73. The van der Waals surface area contributed by atoms with Crippen LogP contribution in [0.5, 0.6) is 0 Å². The van der Waals surface area contributed by atoms with Crippen LogP contribution in [-0.4, -0.2) is 34.1 Å². The average molecular weight is 461 g/mol. The molecule has 0 bridgehead atoms. The summed E-state index contributed by atoms with van der Waals surface area (Å²) < 4.78 is 33.2. The first-order valence-electron chi connectivity index (χ1n) is 8.86. The number of halogens is 1. The molecule has 0 saturated heterocycles. The van der Waals surface area contributed by atoms with Crippen LogP contribution in [0.2, 0.25) is 5.02 Å². The van der Waals surface area contributed by atoms with Gasteiger partial charge in [0.1, 0.15) is 6.33 Å². The summed E-state index contributed by atoms with van der Waals surface area (Å²) in [5, 5.41) is 6.00. The van der Waals surface area contributed by atoms with E-state index in [1.807, 2.05) is 35.0 Å². The fourth-order valence-corrected chi connectivity index (χ4v) is 4.85. The first-order valence-corrected chi connectivity index (χ1v) is 11.5. The Labute approximate surface area is 182 Å². The Morgan fingerprint density at radius 2 is 2.10 bits per heavy atom. The number of aromatic nitrogens is 4. The van der Waals surface area contributed by atoms with Gasteiger partial charge in [-0.15, -0.1) is 0 Å². The van der Waals surface area contributed by atoms with Gasteiger partial charge in [0.05, 0.1) is 23.2 Å². The number of hydrogen-bond donors (Lipinski definition) is 2. The number of nitrogens with one attached hydrogen (secondary N) is 1. The van der Waals surface area contributed by atoms with Crippen LogP contribution in [0.25, 0.3) is 17.0 Å². The van der Waals surface area contributed by atoms with Gasteiger partial charge in [-0.1, -0.05) is 29.8 Å². The molecule has 0 saturated carbocycles. The van der Waals surface area contributed by atoms with Gasteiger partial charge in [0, 0.05) is 28.5 Å². The van der Waals surface area contributed by atoms with Gasteiger partial charge in [-0.25, -0.2) is 13.4 Å². The van der Waals surface area contributed by atoms with Crippen molar-refractivity contribution in [3.8, 4) is 0 Å². The van der Waals surface area contributed by atoms with E-state index in [0.29, 0.717) is 23.5 Å². The van der Waals surface area contributed by atoms with E-state index in [9.17, 15) is 8.42 Å². The van der Waals surface area contributed by atoms with Crippen molar-refractivity contribution in [3.63, 3.8) is 0 Å². The number of rotatable bonds is 7. The number of hydrogen-bond acceptors (Lipinski definition) is 7. The van der Waals surface area contributed by atoms with E-state index in [-0.39, 0.29) is 10.0 Å². The smallest absolute Gasteiger partial charge is 0.263 e. The average Bonchev–Trinajstić information content (AvgIpc) is 3.37. The van der Waals surface area contributed by atoms with Gasteiger partial charge in [0.2, 0.25) is 5.13 Å². The van der Waals surface area contributed by atoms with Gasteiger partial charge in [-0.05, 0) is 41.5 Å². The van der Waals surface area contributed by atoms with Gasteiger partial charge >= 0.3 is 0 Å². The molecule has 2 aromatic heterocycles. The standard InChI is InChI=1S/C19H17ClN6O2S2/c20-16-4-3-14(13(8-16)2-1-7-21)11-26-18-6-5-17(9-15(18)10-23-26)30(27,28)25-19-22-12-24-29-19/h1-6,8-10,12H,7,11,21H2,(H,22,24,25)/b2-1+. The molecule has 11 heteroatoms. The fraction of sp³-hybridized carbons (Fsp3) is 0.105. The second-order valence-corrected chi connectivity index (χ2v) is 9.25. The first-order chi connectivity index (χ1) is 14.5. The number of sulfonamides is 1. The summed E-state index contributed by atoms with van der Waals surface area (Å²) in [6, 6.07) is 10.5. The zero-order valence-electron chi connectivity index (χ0n) is 15.6. The van der Waals surface area contributed by atoms with Crippen LogP contribution >= 0.6 is 23.1 Å². The molecule has 0 aliphatic rings. The Bertz CT molecular complexity index is 1320. The van der Waals surface area contributed by atoms with Crippen molar-refractivity contribution >= 4 is 55.3 Å². The summed E-state index contributed by atoms with van der Waals surface area (Å²) in [6.45, 7) is 0.930. The van der Waals surface area contributed by atoms with Gasteiger partial charge in [0.15, 0.2) is 0 Å². The molecular formula is C19H17ClN6O2S2.